The van der Waals surface area contributed by atoms with E-state index >= 15 is 0 Å². The number of ether oxygens (including phenoxy) is 1. The zero-order valence-electron chi connectivity index (χ0n) is 11.9. The van der Waals surface area contributed by atoms with Gasteiger partial charge in [0.2, 0.25) is 0 Å². The molecular weight excluding hydrogens is 416 g/mol. The van der Waals surface area contributed by atoms with Gasteiger partial charge in [-0.1, -0.05) is 0 Å². The average Bonchev–Trinajstić information content (AvgIpc) is 2.93. The average molecular weight is 427 g/mol. The molecule has 0 saturated heterocycles. The van der Waals surface area contributed by atoms with Crippen LogP contribution in [0.5, 0.6) is 5.75 Å². The molecule has 0 aliphatic carbocycles. The Balaban J connectivity index is 2.13. The summed E-state index contributed by atoms with van der Waals surface area (Å²) in [5.74, 6) is -0.804. The van der Waals surface area contributed by atoms with E-state index in [0.29, 0.717) is 5.69 Å². The van der Waals surface area contributed by atoms with Crippen LogP contribution in [-0.4, -0.2) is 21.2 Å². The number of H-pyrrole nitrogens is 1. The molecule has 1 heterocycles. The highest BCUT2D eigenvalue weighted by atomic mass is 127. The number of aromatic amines is 1. The van der Waals surface area contributed by atoms with Gasteiger partial charge >= 0.3 is 6.16 Å². The van der Waals surface area contributed by atoms with Gasteiger partial charge in [0.15, 0.2) is 11.6 Å². The second-order valence-corrected chi connectivity index (χ2v) is 6.06. The molecule has 3 N–H and O–H groups in total. The van der Waals surface area contributed by atoms with E-state index in [4.69, 9.17) is 9.84 Å². The van der Waals surface area contributed by atoms with Crippen molar-refractivity contribution in [2.75, 3.05) is 5.32 Å². The first-order valence-corrected chi connectivity index (χ1v) is 7.63. The summed E-state index contributed by atoms with van der Waals surface area (Å²) < 4.78 is 20.4. The lowest BCUT2D eigenvalue weighted by Crippen LogP contribution is -2.07. The van der Waals surface area contributed by atoms with Gasteiger partial charge in [0.05, 0.1) is 11.8 Å². The maximum absolute atomic E-state index is 14.7. The van der Waals surface area contributed by atoms with Gasteiger partial charge in [-0.25, -0.2) is 14.2 Å². The number of rotatable bonds is 3. The summed E-state index contributed by atoms with van der Waals surface area (Å²) in [5, 5.41) is 11.8. The molecule has 0 aliphatic rings. The number of imidazole rings is 1. The number of aromatic nitrogens is 2. The Morgan fingerprint density at radius 3 is 2.91 bits per heavy atom. The van der Waals surface area contributed by atoms with Crippen LogP contribution in [0.25, 0.3) is 11.0 Å². The molecule has 1 aromatic heterocycles. The number of benzene rings is 2. The fourth-order valence-corrected chi connectivity index (χ4v) is 2.86. The van der Waals surface area contributed by atoms with E-state index in [9.17, 15) is 9.18 Å². The van der Waals surface area contributed by atoms with E-state index in [1.165, 1.54) is 12.4 Å². The molecule has 3 rings (SSSR count). The van der Waals surface area contributed by atoms with Gasteiger partial charge in [0, 0.05) is 15.3 Å². The van der Waals surface area contributed by atoms with Crippen LogP contribution in [0, 0.1) is 16.3 Å². The van der Waals surface area contributed by atoms with Gasteiger partial charge in [-0.2, -0.15) is 0 Å². The molecule has 0 spiro atoms. The molecule has 0 aliphatic heterocycles. The Bertz CT molecular complexity index is 910. The van der Waals surface area contributed by atoms with Gasteiger partial charge in [-0.05, 0) is 53.3 Å². The monoisotopic (exact) mass is 427 g/mol. The molecule has 23 heavy (non-hydrogen) atoms. The number of nitrogens with zero attached hydrogens (tertiary/aromatic N) is 1. The zero-order valence-corrected chi connectivity index (χ0v) is 14.0. The fourth-order valence-electron chi connectivity index (χ4n) is 2.21. The highest BCUT2D eigenvalue weighted by Crippen LogP contribution is 2.36. The molecule has 0 unspecified atom stereocenters. The smallest absolute Gasteiger partial charge is 0.449 e. The number of aryl methyl sites for hydroxylation is 1. The van der Waals surface area contributed by atoms with Crippen LogP contribution in [0.3, 0.4) is 0 Å². The van der Waals surface area contributed by atoms with Crippen LogP contribution in [0.1, 0.15) is 5.56 Å². The summed E-state index contributed by atoms with van der Waals surface area (Å²) >= 11 is 2.18. The van der Waals surface area contributed by atoms with E-state index in [-0.39, 0.29) is 22.5 Å². The Labute approximate surface area is 143 Å². The first-order chi connectivity index (χ1) is 11.0. The Hall–Kier alpha value is -2.36. The molecule has 118 valence electrons. The minimum absolute atomic E-state index is 0.0616. The molecule has 8 heteroatoms. The van der Waals surface area contributed by atoms with Gasteiger partial charge in [0.25, 0.3) is 0 Å². The van der Waals surface area contributed by atoms with E-state index < -0.39 is 12.0 Å². The van der Waals surface area contributed by atoms with Crippen LogP contribution < -0.4 is 10.1 Å². The molecule has 0 fully saturated rings. The lowest BCUT2D eigenvalue weighted by Gasteiger charge is -2.14. The predicted molar refractivity (Wildman–Crippen MR) is 91.9 cm³/mol. The number of anilines is 2. The molecule has 0 amide bonds. The van der Waals surface area contributed by atoms with Crippen molar-refractivity contribution in [3.63, 3.8) is 0 Å². The summed E-state index contributed by atoms with van der Waals surface area (Å²) in [7, 11) is 0. The van der Waals surface area contributed by atoms with Crippen molar-refractivity contribution in [1.29, 1.82) is 0 Å². The third-order valence-electron chi connectivity index (χ3n) is 3.27. The van der Waals surface area contributed by atoms with Crippen LogP contribution in [-0.2, 0) is 0 Å². The SMILES string of the molecule is Cc1cc(I)ccc1Nc1c(OC(=O)O)cc2nc[nH]c2c1F. The highest BCUT2D eigenvalue weighted by Gasteiger charge is 2.19. The Kier molecular flexibility index (Phi) is 4.07. The van der Waals surface area contributed by atoms with E-state index in [1.807, 2.05) is 19.1 Å². The second kappa shape index (κ2) is 6.03. The Morgan fingerprint density at radius 1 is 1.43 bits per heavy atom. The highest BCUT2D eigenvalue weighted by molar-refractivity contribution is 14.1. The molecule has 2 aromatic carbocycles. The number of hydrogen-bond acceptors (Lipinski definition) is 4. The maximum Gasteiger partial charge on any atom is 0.511 e. The van der Waals surface area contributed by atoms with E-state index in [0.717, 1.165) is 9.13 Å². The predicted octanol–water partition coefficient (Wildman–Crippen LogP) is 4.42. The molecule has 0 radical (unpaired) electrons. The Morgan fingerprint density at radius 2 is 2.22 bits per heavy atom. The minimum Gasteiger partial charge on any atom is -0.449 e. The number of carboxylic acid groups (broad SMARTS) is 1. The van der Waals surface area contributed by atoms with Crippen LogP contribution in [0.15, 0.2) is 30.6 Å². The normalized spacial score (nSPS) is 10.7. The van der Waals surface area contributed by atoms with Crippen molar-refractivity contribution < 1.29 is 19.0 Å². The van der Waals surface area contributed by atoms with Gasteiger partial charge in [-0.15, -0.1) is 0 Å². The van der Waals surface area contributed by atoms with Crippen molar-refractivity contribution in [3.8, 4) is 5.75 Å². The van der Waals surface area contributed by atoms with Crippen molar-refractivity contribution in [2.24, 2.45) is 0 Å². The molecule has 0 bridgehead atoms. The molecule has 0 saturated carbocycles. The molecule has 6 nitrogen and oxygen atoms in total. The number of carbonyl (C=O) groups is 1. The van der Waals surface area contributed by atoms with E-state index in [2.05, 4.69) is 37.9 Å². The van der Waals surface area contributed by atoms with Crippen LogP contribution in [0.4, 0.5) is 20.6 Å². The maximum atomic E-state index is 14.7. The third-order valence-corrected chi connectivity index (χ3v) is 3.94. The number of halogens is 2. The standard InChI is InChI=1S/C15H11FIN3O3/c1-7-4-8(17)2-3-9(7)20-14-11(23-15(21)22)5-10-13(12(14)16)19-6-18-10/h2-6,20H,1H3,(H,18,19)(H,21,22). The summed E-state index contributed by atoms with van der Waals surface area (Å²) in [4.78, 5) is 17.5. The number of nitrogens with one attached hydrogen (secondary N) is 2. The number of hydrogen-bond donors (Lipinski definition) is 3. The summed E-state index contributed by atoms with van der Waals surface area (Å²) in [6.07, 6.45) is -0.195. The van der Waals surface area contributed by atoms with Crippen LogP contribution in [0.2, 0.25) is 0 Å². The molecule has 3 aromatic rings. The molecule has 0 atom stereocenters. The minimum atomic E-state index is -1.53. The van der Waals surface area contributed by atoms with Gasteiger partial charge in [0.1, 0.15) is 11.2 Å². The quantitative estimate of drug-likeness (QED) is 0.328. The van der Waals surface area contributed by atoms with Crippen molar-refractivity contribution in [1.82, 2.24) is 9.97 Å². The van der Waals surface area contributed by atoms with Crippen molar-refractivity contribution in [2.45, 2.75) is 6.92 Å². The first kappa shape index (κ1) is 15.5. The summed E-state index contributed by atoms with van der Waals surface area (Å²) in [6.45, 7) is 1.87. The molecular formula is C15H11FIN3O3. The fraction of sp³-hybridized carbons (Fsp3) is 0.0667. The largest absolute Gasteiger partial charge is 0.511 e. The lowest BCUT2D eigenvalue weighted by molar-refractivity contribution is 0.144. The number of fused-ring (bicyclic) bond motifs is 1. The third kappa shape index (κ3) is 3.07. The first-order valence-electron chi connectivity index (χ1n) is 6.55. The zero-order chi connectivity index (χ0) is 16.6. The topological polar surface area (TPSA) is 87.2 Å². The van der Waals surface area contributed by atoms with Crippen LogP contribution >= 0.6 is 22.6 Å². The van der Waals surface area contributed by atoms with Crippen molar-refractivity contribution >= 4 is 51.2 Å². The summed E-state index contributed by atoms with van der Waals surface area (Å²) in [5.41, 5.74) is 1.94. The van der Waals surface area contributed by atoms with E-state index in [1.54, 1.807) is 6.07 Å². The van der Waals surface area contributed by atoms with Gasteiger partial charge in [-0.3, -0.25) is 0 Å². The van der Waals surface area contributed by atoms with Crippen molar-refractivity contribution in [3.05, 3.63) is 45.5 Å². The van der Waals surface area contributed by atoms with Gasteiger partial charge < -0.3 is 20.1 Å². The summed E-state index contributed by atoms with van der Waals surface area (Å²) in [6, 6.07) is 6.94. The second-order valence-electron chi connectivity index (χ2n) is 4.81. The lowest BCUT2D eigenvalue weighted by atomic mass is 10.1.